The van der Waals surface area contributed by atoms with Crippen molar-refractivity contribution in [1.29, 1.82) is 0 Å². The number of anilines is 1. The number of halogens is 1. The fraction of sp³-hybridized carbons (Fsp3) is 0.286. The van der Waals surface area contributed by atoms with Gasteiger partial charge in [-0.05, 0) is 50.8 Å². The van der Waals surface area contributed by atoms with E-state index in [1.165, 1.54) is 23.4 Å². The standard InChI is InChI=1S/C21H20FN3OS/c1-3-10-25(21-24-17-6-4-5-7-19(17)27-21)20(26)16-11-13(2)23-18-12-14(22)8-9-15(16)18/h3,8-9,11-12H,1,4-7,10H2,2H3. The van der Waals surface area contributed by atoms with Gasteiger partial charge < -0.3 is 0 Å². The van der Waals surface area contributed by atoms with Crippen LogP contribution in [-0.4, -0.2) is 22.4 Å². The van der Waals surface area contributed by atoms with Crippen LogP contribution >= 0.6 is 11.3 Å². The molecule has 0 aliphatic heterocycles. The molecule has 1 aliphatic rings. The molecule has 1 amide bonds. The molecule has 0 spiro atoms. The van der Waals surface area contributed by atoms with Crippen molar-refractivity contribution in [1.82, 2.24) is 9.97 Å². The highest BCUT2D eigenvalue weighted by atomic mass is 32.1. The van der Waals surface area contributed by atoms with E-state index in [0.29, 0.717) is 33.8 Å². The Morgan fingerprint density at radius 2 is 2.11 bits per heavy atom. The molecule has 0 atom stereocenters. The zero-order valence-electron chi connectivity index (χ0n) is 15.2. The number of hydrogen-bond acceptors (Lipinski definition) is 4. The van der Waals surface area contributed by atoms with Gasteiger partial charge in [0.1, 0.15) is 5.82 Å². The SMILES string of the molecule is C=CCN(C(=O)c1cc(C)nc2cc(F)ccc12)c1nc2c(s1)CCCC2. The van der Waals surface area contributed by atoms with Gasteiger partial charge in [-0.1, -0.05) is 6.08 Å². The van der Waals surface area contributed by atoms with Crippen molar-refractivity contribution in [3.8, 4) is 0 Å². The Morgan fingerprint density at radius 3 is 2.89 bits per heavy atom. The van der Waals surface area contributed by atoms with E-state index < -0.39 is 0 Å². The maximum Gasteiger partial charge on any atom is 0.261 e. The minimum Gasteiger partial charge on any atom is -0.280 e. The molecule has 4 nitrogen and oxygen atoms in total. The molecule has 0 bridgehead atoms. The van der Waals surface area contributed by atoms with Crippen LogP contribution in [0, 0.1) is 12.7 Å². The molecule has 0 unspecified atom stereocenters. The van der Waals surface area contributed by atoms with Crippen molar-refractivity contribution in [2.75, 3.05) is 11.4 Å². The average molecular weight is 381 g/mol. The van der Waals surface area contributed by atoms with Gasteiger partial charge in [-0.2, -0.15) is 0 Å². The van der Waals surface area contributed by atoms with Crippen molar-refractivity contribution < 1.29 is 9.18 Å². The molecular weight excluding hydrogens is 361 g/mol. The van der Waals surface area contributed by atoms with E-state index in [4.69, 9.17) is 4.98 Å². The summed E-state index contributed by atoms with van der Waals surface area (Å²) >= 11 is 1.59. The molecule has 1 aromatic carbocycles. The summed E-state index contributed by atoms with van der Waals surface area (Å²) in [7, 11) is 0. The van der Waals surface area contributed by atoms with Crippen LogP contribution in [0.4, 0.5) is 9.52 Å². The summed E-state index contributed by atoms with van der Waals surface area (Å²) in [5.41, 5.74) is 2.78. The first-order valence-corrected chi connectivity index (χ1v) is 9.86. The highest BCUT2D eigenvalue weighted by Crippen LogP contribution is 2.33. The Balaban J connectivity index is 1.80. The molecule has 4 rings (SSSR count). The average Bonchev–Trinajstić information content (AvgIpc) is 3.08. The number of pyridine rings is 1. The first-order valence-electron chi connectivity index (χ1n) is 9.05. The van der Waals surface area contributed by atoms with Gasteiger partial charge >= 0.3 is 0 Å². The Bertz CT molecular complexity index is 1010. The van der Waals surface area contributed by atoms with Crippen LogP contribution in [0.3, 0.4) is 0 Å². The van der Waals surface area contributed by atoms with Crippen LogP contribution in [0.25, 0.3) is 10.9 Å². The Hall–Kier alpha value is -2.60. The molecule has 0 saturated heterocycles. The number of amides is 1. The second kappa shape index (κ2) is 7.19. The minimum absolute atomic E-state index is 0.164. The highest BCUT2D eigenvalue weighted by Gasteiger charge is 2.25. The zero-order chi connectivity index (χ0) is 19.0. The summed E-state index contributed by atoms with van der Waals surface area (Å²) in [4.78, 5) is 25.5. The number of fused-ring (bicyclic) bond motifs is 2. The van der Waals surface area contributed by atoms with Crippen LogP contribution in [0.5, 0.6) is 0 Å². The van der Waals surface area contributed by atoms with Crippen LogP contribution < -0.4 is 4.90 Å². The maximum atomic E-state index is 13.6. The van der Waals surface area contributed by atoms with E-state index in [-0.39, 0.29) is 11.7 Å². The van der Waals surface area contributed by atoms with Crippen LogP contribution in [0.1, 0.15) is 39.5 Å². The number of carbonyl (C=O) groups excluding carboxylic acids is 1. The minimum atomic E-state index is -0.366. The predicted octanol–water partition coefficient (Wildman–Crippen LogP) is 4.85. The van der Waals surface area contributed by atoms with Crippen molar-refractivity contribution in [3.05, 3.63) is 64.6 Å². The molecular formula is C21H20FN3OS. The summed E-state index contributed by atoms with van der Waals surface area (Å²) in [6.07, 6.45) is 6.02. The largest absolute Gasteiger partial charge is 0.280 e. The number of aromatic nitrogens is 2. The lowest BCUT2D eigenvalue weighted by Gasteiger charge is -2.19. The predicted molar refractivity (Wildman–Crippen MR) is 107 cm³/mol. The first-order chi connectivity index (χ1) is 13.1. The lowest BCUT2D eigenvalue weighted by Crippen LogP contribution is -2.31. The molecule has 0 radical (unpaired) electrons. The van der Waals surface area contributed by atoms with E-state index >= 15 is 0 Å². The lowest BCUT2D eigenvalue weighted by atomic mass is 10.0. The number of benzene rings is 1. The summed E-state index contributed by atoms with van der Waals surface area (Å²) < 4.78 is 13.6. The third-order valence-electron chi connectivity index (χ3n) is 4.75. The summed E-state index contributed by atoms with van der Waals surface area (Å²) in [6.45, 7) is 5.97. The number of rotatable bonds is 4. The number of aryl methyl sites for hydroxylation is 3. The fourth-order valence-electron chi connectivity index (χ4n) is 3.49. The third kappa shape index (κ3) is 3.37. The molecule has 0 N–H and O–H groups in total. The molecule has 138 valence electrons. The van der Waals surface area contributed by atoms with Crippen LogP contribution in [0.15, 0.2) is 36.9 Å². The van der Waals surface area contributed by atoms with E-state index in [0.717, 1.165) is 25.0 Å². The van der Waals surface area contributed by atoms with Gasteiger partial charge in [-0.25, -0.2) is 9.37 Å². The van der Waals surface area contributed by atoms with Gasteiger partial charge in [-0.15, -0.1) is 17.9 Å². The Kier molecular flexibility index (Phi) is 4.74. The summed E-state index contributed by atoms with van der Waals surface area (Å²) in [6, 6.07) is 6.09. The highest BCUT2D eigenvalue weighted by molar-refractivity contribution is 7.16. The fourth-order valence-corrected chi connectivity index (χ4v) is 4.64. The molecule has 2 aromatic heterocycles. The number of hydrogen-bond donors (Lipinski definition) is 0. The van der Waals surface area contributed by atoms with Gasteiger partial charge in [-0.3, -0.25) is 14.7 Å². The zero-order valence-corrected chi connectivity index (χ0v) is 16.0. The third-order valence-corrected chi connectivity index (χ3v) is 5.93. The number of carbonyl (C=O) groups is 1. The molecule has 0 saturated carbocycles. The topological polar surface area (TPSA) is 46.1 Å². The van der Waals surface area contributed by atoms with Crippen molar-refractivity contribution in [2.45, 2.75) is 32.6 Å². The normalized spacial score (nSPS) is 13.4. The lowest BCUT2D eigenvalue weighted by molar-refractivity contribution is 0.0991. The number of nitrogens with zero attached hydrogens (tertiary/aromatic N) is 3. The molecule has 1 aliphatic carbocycles. The molecule has 6 heteroatoms. The smallest absolute Gasteiger partial charge is 0.261 e. The second-order valence-electron chi connectivity index (χ2n) is 6.75. The van der Waals surface area contributed by atoms with E-state index in [1.54, 1.807) is 41.4 Å². The molecule has 2 heterocycles. The van der Waals surface area contributed by atoms with E-state index in [2.05, 4.69) is 11.6 Å². The van der Waals surface area contributed by atoms with Crippen LogP contribution in [-0.2, 0) is 12.8 Å². The number of thiazole rings is 1. The van der Waals surface area contributed by atoms with Crippen molar-refractivity contribution >= 4 is 33.3 Å². The van der Waals surface area contributed by atoms with Gasteiger partial charge in [0.15, 0.2) is 5.13 Å². The molecule has 3 aromatic rings. The van der Waals surface area contributed by atoms with Gasteiger partial charge in [0.05, 0.1) is 16.8 Å². The first kappa shape index (κ1) is 17.8. The molecule has 0 fully saturated rings. The Morgan fingerprint density at radius 1 is 1.30 bits per heavy atom. The summed E-state index contributed by atoms with van der Waals surface area (Å²) in [5, 5.41) is 1.35. The van der Waals surface area contributed by atoms with Crippen molar-refractivity contribution in [2.24, 2.45) is 0 Å². The van der Waals surface area contributed by atoms with Gasteiger partial charge in [0, 0.05) is 28.6 Å². The monoisotopic (exact) mass is 381 g/mol. The second-order valence-corrected chi connectivity index (χ2v) is 7.81. The van der Waals surface area contributed by atoms with E-state index in [1.807, 2.05) is 0 Å². The van der Waals surface area contributed by atoms with Crippen LogP contribution in [0.2, 0.25) is 0 Å². The van der Waals surface area contributed by atoms with Crippen molar-refractivity contribution in [3.63, 3.8) is 0 Å². The van der Waals surface area contributed by atoms with Gasteiger partial charge in [0.25, 0.3) is 5.91 Å². The Labute approximate surface area is 161 Å². The van der Waals surface area contributed by atoms with E-state index in [9.17, 15) is 9.18 Å². The maximum absolute atomic E-state index is 13.6. The summed E-state index contributed by atoms with van der Waals surface area (Å²) in [5.74, 6) is -0.530. The van der Waals surface area contributed by atoms with Gasteiger partial charge in [0.2, 0.25) is 0 Å². The quantitative estimate of drug-likeness (QED) is 0.607. The molecule has 27 heavy (non-hydrogen) atoms.